The Morgan fingerprint density at radius 2 is 2.26 bits per heavy atom. The highest BCUT2D eigenvalue weighted by molar-refractivity contribution is 7.18. The lowest BCUT2D eigenvalue weighted by Gasteiger charge is -2.01. The number of amides is 2. The molecule has 2 amide bonds. The third-order valence-electron chi connectivity index (χ3n) is 2.24. The van der Waals surface area contributed by atoms with Crippen LogP contribution in [0.25, 0.3) is 0 Å². The number of carbonyl (C=O) groups excluding carboxylic acids is 2. The van der Waals surface area contributed by atoms with E-state index in [1.807, 2.05) is 0 Å². The Morgan fingerprint density at radius 1 is 1.42 bits per heavy atom. The lowest BCUT2D eigenvalue weighted by atomic mass is 10.4. The second-order valence-electron chi connectivity index (χ2n) is 3.78. The van der Waals surface area contributed by atoms with E-state index in [-0.39, 0.29) is 11.8 Å². The number of nitrogens with zero attached hydrogens (tertiary/aromatic N) is 2. The molecule has 7 nitrogen and oxygen atoms in total. The van der Waals surface area contributed by atoms with Gasteiger partial charge in [-0.3, -0.25) is 14.7 Å². The molecule has 0 atom stereocenters. The number of hydrogen-bond donors (Lipinski definition) is 3. The van der Waals surface area contributed by atoms with Gasteiger partial charge in [-0.2, -0.15) is 5.10 Å². The molecule has 0 saturated heterocycles. The maximum atomic E-state index is 11.8. The summed E-state index contributed by atoms with van der Waals surface area (Å²) in [6.45, 7) is 1.90. The van der Waals surface area contributed by atoms with Crippen LogP contribution in [0.3, 0.4) is 0 Å². The number of hydrogen-bond acceptors (Lipinski definition) is 5. The van der Waals surface area contributed by atoms with Gasteiger partial charge in [0.05, 0.1) is 9.88 Å². The Balaban J connectivity index is 1.82. The minimum atomic E-state index is -0.166. The van der Waals surface area contributed by atoms with Crippen molar-refractivity contribution in [1.82, 2.24) is 20.5 Å². The van der Waals surface area contributed by atoms with Gasteiger partial charge in [-0.05, 0) is 12.1 Å². The van der Waals surface area contributed by atoms with Crippen LogP contribution < -0.4 is 10.6 Å². The average molecular weight is 279 g/mol. The summed E-state index contributed by atoms with van der Waals surface area (Å²) in [5.74, 6) is 0.408. The van der Waals surface area contributed by atoms with Crippen molar-refractivity contribution in [3.63, 3.8) is 0 Å². The summed E-state index contributed by atoms with van der Waals surface area (Å²) in [7, 11) is 0. The fraction of sp³-hybridized carbons (Fsp3) is 0.273. The fourth-order valence-electron chi connectivity index (χ4n) is 1.43. The molecule has 0 saturated carbocycles. The van der Waals surface area contributed by atoms with Crippen LogP contribution in [0.5, 0.6) is 0 Å². The maximum absolute atomic E-state index is 11.8. The maximum Gasteiger partial charge on any atom is 0.261 e. The molecule has 3 N–H and O–H groups in total. The molecule has 8 heteroatoms. The summed E-state index contributed by atoms with van der Waals surface area (Å²) in [5.41, 5.74) is 0. The third kappa shape index (κ3) is 3.88. The molecule has 2 aromatic heterocycles. The zero-order valence-corrected chi connectivity index (χ0v) is 11.1. The van der Waals surface area contributed by atoms with E-state index in [9.17, 15) is 9.59 Å². The molecule has 100 valence electrons. The molecule has 19 heavy (non-hydrogen) atoms. The van der Waals surface area contributed by atoms with Gasteiger partial charge in [-0.15, -0.1) is 11.3 Å². The van der Waals surface area contributed by atoms with Gasteiger partial charge in [-0.1, -0.05) is 0 Å². The van der Waals surface area contributed by atoms with Crippen LogP contribution in [-0.2, 0) is 11.2 Å². The molecule has 0 spiro atoms. The molecule has 0 aliphatic carbocycles. The summed E-state index contributed by atoms with van der Waals surface area (Å²) in [6.07, 6.45) is 2.02. The van der Waals surface area contributed by atoms with Gasteiger partial charge < -0.3 is 10.6 Å². The number of thiophene rings is 1. The van der Waals surface area contributed by atoms with Crippen molar-refractivity contribution < 1.29 is 9.59 Å². The highest BCUT2D eigenvalue weighted by Gasteiger charge is 2.09. The Morgan fingerprint density at radius 3 is 2.95 bits per heavy atom. The van der Waals surface area contributed by atoms with Gasteiger partial charge in [0, 0.05) is 19.9 Å². The lowest BCUT2D eigenvalue weighted by Crippen LogP contribution is -2.25. The van der Waals surface area contributed by atoms with Gasteiger partial charge in [0.25, 0.3) is 5.91 Å². The molecule has 2 aromatic rings. The van der Waals surface area contributed by atoms with Crippen LogP contribution in [0.15, 0.2) is 18.5 Å². The second-order valence-corrected chi connectivity index (χ2v) is 4.87. The molecule has 0 aliphatic rings. The van der Waals surface area contributed by atoms with E-state index in [1.54, 1.807) is 12.1 Å². The molecule has 0 radical (unpaired) electrons. The fourth-order valence-corrected chi connectivity index (χ4v) is 2.30. The highest BCUT2D eigenvalue weighted by Crippen LogP contribution is 2.21. The van der Waals surface area contributed by atoms with E-state index in [4.69, 9.17) is 0 Å². The number of anilines is 1. The van der Waals surface area contributed by atoms with Crippen LogP contribution in [0, 0.1) is 0 Å². The van der Waals surface area contributed by atoms with Gasteiger partial charge in [0.2, 0.25) is 5.91 Å². The van der Waals surface area contributed by atoms with Crippen molar-refractivity contribution >= 4 is 28.2 Å². The molecule has 0 unspecified atom stereocenters. The summed E-state index contributed by atoms with van der Waals surface area (Å²) in [4.78, 5) is 27.2. The minimum Gasteiger partial charge on any atom is -0.351 e. The largest absolute Gasteiger partial charge is 0.351 e. The SMILES string of the molecule is CC(=O)Nc1ccc(C(=O)NCCc2ncn[nH]2)s1. The monoisotopic (exact) mass is 279 g/mol. The van der Waals surface area contributed by atoms with Gasteiger partial charge >= 0.3 is 0 Å². The first kappa shape index (κ1) is 13.2. The first-order chi connectivity index (χ1) is 9.15. The third-order valence-corrected chi connectivity index (χ3v) is 3.24. The number of H-pyrrole nitrogens is 1. The van der Waals surface area contributed by atoms with E-state index in [0.717, 1.165) is 5.82 Å². The Hall–Kier alpha value is -2.22. The molecule has 0 aromatic carbocycles. The average Bonchev–Trinajstić information content (AvgIpc) is 2.99. The molecule has 2 heterocycles. The first-order valence-electron chi connectivity index (χ1n) is 5.65. The van der Waals surface area contributed by atoms with Crippen molar-refractivity contribution in [2.75, 3.05) is 11.9 Å². The van der Waals surface area contributed by atoms with Crippen molar-refractivity contribution in [1.29, 1.82) is 0 Å². The zero-order chi connectivity index (χ0) is 13.7. The number of aromatic nitrogens is 3. The summed E-state index contributed by atoms with van der Waals surface area (Å²) in [6, 6.07) is 3.39. The molecule has 2 rings (SSSR count). The van der Waals surface area contributed by atoms with E-state index in [0.29, 0.717) is 22.8 Å². The van der Waals surface area contributed by atoms with E-state index < -0.39 is 0 Å². The van der Waals surface area contributed by atoms with Crippen LogP contribution in [0.1, 0.15) is 22.4 Å². The summed E-state index contributed by atoms with van der Waals surface area (Å²) >= 11 is 1.24. The normalized spacial score (nSPS) is 10.2. The Kier molecular flexibility index (Phi) is 4.24. The number of aromatic amines is 1. The smallest absolute Gasteiger partial charge is 0.261 e. The Bertz CT molecular complexity index is 563. The molecule has 0 aliphatic heterocycles. The number of carbonyl (C=O) groups is 2. The summed E-state index contributed by atoms with van der Waals surface area (Å²) in [5, 5.41) is 12.5. The lowest BCUT2D eigenvalue weighted by molar-refractivity contribution is -0.114. The van der Waals surface area contributed by atoms with Crippen molar-refractivity contribution in [2.24, 2.45) is 0 Å². The predicted molar refractivity (Wildman–Crippen MR) is 71.0 cm³/mol. The van der Waals surface area contributed by atoms with Crippen LogP contribution in [-0.4, -0.2) is 33.5 Å². The van der Waals surface area contributed by atoms with Crippen molar-refractivity contribution in [3.05, 3.63) is 29.2 Å². The topological polar surface area (TPSA) is 99.8 Å². The zero-order valence-electron chi connectivity index (χ0n) is 10.3. The number of rotatable bonds is 5. The van der Waals surface area contributed by atoms with Crippen molar-refractivity contribution in [3.8, 4) is 0 Å². The van der Waals surface area contributed by atoms with E-state index >= 15 is 0 Å². The van der Waals surface area contributed by atoms with Crippen LogP contribution in [0.4, 0.5) is 5.00 Å². The van der Waals surface area contributed by atoms with Crippen LogP contribution in [0.2, 0.25) is 0 Å². The second kappa shape index (κ2) is 6.10. The van der Waals surface area contributed by atoms with Crippen molar-refractivity contribution in [2.45, 2.75) is 13.3 Å². The first-order valence-corrected chi connectivity index (χ1v) is 6.46. The molecular formula is C11H13N5O2S. The predicted octanol–water partition coefficient (Wildman–Crippen LogP) is 0.797. The van der Waals surface area contributed by atoms with E-state index in [2.05, 4.69) is 25.8 Å². The summed E-state index contributed by atoms with van der Waals surface area (Å²) < 4.78 is 0. The van der Waals surface area contributed by atoms with Gasteiger partial charge in [0.15, 0.2) is 0 Å². The Labute approximate surface area is 113 Å². The van der Waals surface area contributed by atoms with Crippen LogP contribution >= 0.6 is 11.3 Å². The number of nitrogens with one attached hydrogen (secondary N) is 3. The quantitative estimate of drug-likeness (QED) is 0.753. The van der Waals surface area contributed by atoms with Gasteiger partial charge in [-0.25, -0.2) is 4.98 Å². The molecule has 0 fully saturated rings. The molecule has 0 bridgehead atoms. The molecular weight excluding hydrogens is 266 g/mol. The standard InChI is InChI=1S/C11H13N5O2S/c1-7(17)15-10-3-2-8(19-10)11(18)12-5-4-9-13-6-14-16-9/h2-3,6H,4-5H2,1H3,(H,12,18)(H,15,17)(H,13,14,16). The van der Waals surface area contributed by atoms with E-state index in [1.165, 1.54) is 24.6 Å². The minimum absolute atomic E-state index is 0.154. The highest BCUT2D eigenvalue weighted by atomic mass is 32.1. The van der Waals surface area contributed by atoms with Gasteiger partial charge in [0.1, 0.15) is 12.2 Å².